The number of carbonyl (C=O) groups is 1. The van der Waals surface area contributed by atoms with Crippen LogP contribution >= 0.6 is 39.5 Å². The maximum atomic E-state index is 13.6. The third-order valence-electron chi connectivity index (χ3n) is 5.82. The first-order chi connectivity index (χ1) is 15.9. The number of hydrogen-bond acceptors (Lipinski definition) is 7. The lowest BCUT2D eigenvalue weighted by atomic mass is 10.1. The Balaban J connectivity index is 2.32. The van der Waals surface area contributed by atoms with Gasteiger partial charge in [-0.1, -0.05) is 43.1 Å². The van der Waals surface area contributed by atoms with E-state index in [1.165, 1.54) is 19.2 Å². The van der Waals surface area contributed by atoms with Gasteiger partial charge in [0.1, 0.15) is 5.56 Å². The molecule has 0 saturated carbocycles. The number of alkyl halides is 1. The van der Waals surface area contributed by atoms with Crippen molar-refractivity contribution in [1.82, 2.24) is 4.90 Å². The molecule has 0 aliphatic carbocycles. The largest absolute Gasteiger partial charge is 0.493 e. The maximum Gasteiger partial charge on any atom is 0.286 e. The van der Waals surface area contributed by atoms with Gasteiger partial charge < -0.3 is 14.4 Å². The molecule has 2 atom stereocenters. The van der Waals surface area contributed by atoms with Crippen LogP contribution in [0.3, 0.4) is 0 Å². The number of likely N-dealkylation sites (tertiary alicyclic amines) is 1. The van der Waals surface area contributed by atoms with Gasteiger partial charge in [-0.2, -0.15) is 0 Å². The molecule has 186 valence electrons. The quantitative estimate of drug-likeness (QED) is 0.115. The van der Waals surface area contributed by atoms with E-state index in [4.69, 9.17) is 9.47 Å². The van der Waals surface area contributed by atoms with Crippen molar-refractivity contribution in [3.8, 4) is 11.5 Å². The summed E-state index contributed by atoms with van der Waals surface area (Å²) in [6, 6.07) is 2.87. The van der Waals surface area contributed by atoms with Crippen LogP contribution in [-0.4, -0.2) is 63.5 Å². The van der Waals surface area contributed by atoms with Gasteiger partial charge in [0.25, 0.3) is 11.6 Å². The average Bonchev–Trinajstić information content (AvgIpc) is 3.30. The average molecular weight is 564 g/mol. The van der Waals surface area contributed by atoms with Crippen LogP contribution in [0.2, 0.25) is 0 Å². The fourth-order valence-electron chi connectivity index (χ4n) is 3.95. The van der Waals surface area contributed by atoms with Crippen LogP contribution in [0.25, 0.3) is 0 Å². The fourth-order valence-corrected chi connectivity index (χ4v) is 7.60. The molecule has 2 rings (SSSR count). The Bertz CT molecular complexity index is 788. The van der Waals surface area contributed by atoms with E-state index in [1.54, 1.807) is 0 Å². The summed E-state index contributed by atoms with van der Waals surface area (Å²) < 4.78 is 11.6. The molecule has 1 aromatic carbocycles. The highest BCUT2D eigenvalue weighted by molar-refractivity contribution is 9.09. The highest BCUT2D eigenvalue weighted by atomic mass is 79.9. The molecule has 0 N–H and O–H groups in total. The van der Waals surface area contributed by atoms with Gasteiger partial charge >= 0.3 is 0 Å². The lowest BCUT2D eigenvalue weighted by Gasteiger charge is -2.31. The zero-order valence-electron chi connectivity index (χ0n) is 19.9. The standard InChI is InChI=1S/C23H35BrN2O5S2/c1-5-16(15-24)10-12-31-21-14-19(26(28)29)17(13-20(21)30-4)22(27)25-11-8-9-18(25)23(32-6-2)33-7-3/h13-14,16,18,23H,5-12,15H2,1-4H3/t16?,18-/m0/s1. The van der Waals surface area contributed by atoms with E-state index in [1.807, 2.05) is 28.4 Å². The molecule has 1 aromatic rings. The van der Waals surface area contributed by atoms with Crippen molar-refractivity contribution >= 4 is 51.0 Å². The highest BCUT2D eigenvalue weighted by Crippen LogP contribution is 2.39. The second-order valence-corrected chi connectivity index (χ2v) is 11.6. The highest BCUT2D eigenvalue weighted by Gasteiger charge is 2.38. The predicted molar refractivity (Wildman–Crippen MR) is 141 cm³/mol. The summed E-state index contributed by atoms with van der Waals surface area (Å²) >= 11 is 7.17. The third-order valence-corrected chi connectivity index (χ3v) is 9.51. The van der Waals surface area contributed by atoms with E-state index >= 15 is 0 Å². The van der Waals surface area contributed by atoms with Crippen molar-refractivity contribution in [3.63, 3.8) is 0 Å². The number of methoxy groups -OCH3 is 1. The summed E-state index contributed by atoms with van der Waals surface area (Å²) in [6.45, 7) is 7.38. The summed E-state index contributed by atoms with van der Waals surface area (Å²) in [4.78, 5) is 26.8. The van der Waals surface area contributed by atoms with Crippen LogP contribution in [-0.2, 0) is 0 Å². The van der Waals surface area contributed by atoms with Gasteiger partial charge in [0.2, 0.25) is 0 Å². The minimum atomic E-state index is -0.503. The molecule has 1 aliphatic heterocycles. The number of halogens is 1. The second kappa shape index (κ2) is 14.3. The zero-order chi connectivity index (χ0) is 24.4. The predicted octanol–water partition coefficient (Wildman–Crippen LogP) is 6.23. The Morgan fingerprint density at radius 3 is 2.52 bits per heavy atom. The smallest absolute Gasteiger partial charge is 0.286 e. The Morgan fingerprint density at radius 2 is 1.97 bits per heavy atom. The molecule has 10 heteroatoms. The van der Waals surface area contributed by atoms with Crippen molar-refractivity contribution in [2.45, 2.75) is 57.1 Å². The molecule has 0 bridgehead atoms. The summed E-state index contributed by atoms with van der Waals surface area (Å²) in [6.07, 6.45) is 3.65. The molecular formula is C23H35BrN2O5S2. The number of ether oxygens (including phenoxy) is 2. The number of amides is 1. The number of rotatable bonds is 14. The van der Waals surface area contributed by atoms with Crippen molar-refractivity contribution < 1.29 is 19.2 Å². The van der Waals surface area contributed by atoms with E-state index in [0.29, 0.717) is 30.6 Å². The lowest BCUT2D eigenvalue weighted by molar-refractivity contribution is -0.385. The number of nitrogens with zero attached hydrogens (tertiary/aromatic N) is 2. The summed E-state index contributed by atoms with van der Waals surface area (Å²) in [5.41, 5.74) is -0.179. The topological polar surface area (TPSA) is 81.9 Å². The van der Waals surface area contributed by atoms with Gasteiger partial charge in [-0.05, 0) is 36.7 Å². The van der Waals surface area contributed by atoms with E-state index < -0.39 is 4.92 Å². The van der Waals surface area contributed by atoms with Crippen molar-refractivity contribution in [3.05, 3.63) is 27.8 Å². The molecule has 0 spiro atoms. The molecule has 0 radical (unpaired) electrons. The Morgan fingerprint density at radius 1 is 1.27 bits per heavy atom. The minimum absolute atomic E-state index is 0.0594. The molecule has 1 unspecified atom stereocenters. The number of benzene rings is 1. The number of hydrogen-bond donors (Lipinski definition) is 0. The van der Waals surface area contributed by atoms with E-state index in [0.717, 1.165) is 42.5 Å². The summed E-state index contributed by atoms with van der Waals surface area (Å²) in [7, 11) is 1.49. The van der Waals surface area contributed by atoms with Crippen LogP contribution in [0.5, 0.6) is 11.5 Å². The van der Waals surface area contributed by atoms with Gasteiger partial charge in [0.15, 0.2) is 11.5 Å². The normalized spacial score (nSPS) is 16.8. The molecule has 1 amide bonds. The maximum absolute atomic E-state index is 13.6. The number of thioether (sulfide) groups is 2. The van der Waals surface area contributed by atoms with Crippen LogP contribution < -0.4 is 9.47 Å². The van der Waals surface area contributed by atoms with Gasteiger partial charge in [0.05, 0.1) is 35.3 Å². The SMILES string of the molecule is CCSC(SCC)[C@@H]1CCCN1C(=O)c1cc(OC)c(OCCC(CC)CBr)cc1[N+](=O)[O-]. The van der Waals surface area contributed by atoms with E-state index in [9.17, 15) is 14.9 Å². The summed E-state index contributed by atoms with van der Waals surface area (Å²) in [5, 5.41) is 12.8. The van der Waals surface area contributed by atoms with Crippen molar-refractivity contribution in [2.75, 3.05) is 37.1 Å². The van der Waals surface area contributed by atoms with Crippen molar-refractivity contribution in [1.29, 1.82) is 0 Å². The van der Waals surface area contributed by atoms with Crippen LogP contribution in [0.4, 0.5) is 5.69 Å². The van der Waals surface area contributed by atoms with Crippen LogP contribution in [0.15, 0.2) is 12.1 Å². The van der Waals surface area contributed by atoms with E-state index in [2.05, 4.69) is 36.7 Å². The second-order valence-electron chi connectivity index (χ2n) is 7.83. The molecular weight excluding hydrogens is 528 g/mol. The molecule has 7 nitrogen and oxygen atoms in total. The molecule has 1 heterocycles. The first-order valence-corrected chi connectivity index (χ1v) is 14.7. The first-order valence-electron chi connectivity index (χ1n) is 11.5. The van der Waals surface area contributed by atoms with Gasteiger partial charge in [-0.25, -0.2) is 0 Å². The first kappa shape index (κ1) is 28.1. The third kappa shape index (κ3) is 7.42. The minimum Gasteiger partial charge on any atom is -0.493 e. The van der Waals surface area contributed by atoms with Crippen LogP contribution in [0.1, 0.15) is 56.8 Å². The Hall–Kier alpha value is -1.13. The monoisotopic (exact) mass is 562 g/mol. The zero-order valence-corrected chi connectivity index (χ0v) is 23.1. The van der Waals surface area contributed by atoms with Gasteiger partial charge in [-0.15, -0.1) is 23.5 Å². The van der Waals surface area contributed by atoms with Crippen molar-refractivity contribution in [2.24, 2.45) is 5.92 Å². The Kier molecular flexibility index (Phi) is 12.2. The molecule has 0 aromatic heterocycles. The fraction of sp³-hybridized carbons (Fsp3) is 0.696. The molecule has 1 aliphatic rings. The lowest BCUT2D eigenvalue weighted by Crippen LogP contribution is -2.41. The van der Waals surface area contributed by atoms with Gasteiger partial charge in [0, 0.05) is 17.9 Å². The Labute approximate surface area is 214 Å². The number of nitro groups is 1. The molecule has 1 saturated heterocycles. The molecule has 33 heavy (non-hydrogen) atoms. The molecule has 1 fully saturated rings. The number of carbonyl (C=O) groups excluding carboxylic acids is 1. The summed E-state index contributed by atoms with van der Waals surface area (Å²) in [5.74, 6) is 2.72. The van der Waals surface area contributed by atoms with Gasteiger partial charge in [-0.3, -0.25) is 14.9 Å². The number of nitro benzene ring substituents is 1. The van der Waals surface area contributed by atoms with Crippen LogP contribution in [0, 0.1) is 16.0 Å². The van der Waals surface area contributed by atoms with E-state index in [-0.39, 0.29) is 27.8 Å².